The summed E-state index contributed by atoms with van der Waals surface area (Å²) in [6, 6.07) is 4.60. The average Bonchev–Trinajstić information content (AvgIpc) is 3.48. The van der Waals surface area contributed by atoms with Crippen LogP contribution in [0.15, 0.2) is 41.6 Å². The zero-order valence-electron chi connectivity index (χ0n) is 20.7. The zero-order chi connectivity index (χ0) is 25.7. The highest BCUT2D eigenvalue weighted by atomic mass is 32.1. The fourth-order valence-corrected chi connectivity index (χ4v) is 4.78. The van der Waals surface area contributed by atoms with Gasteiger partial charge < -0.3 is 20.2 Å². The Morgan fingerprint density at radius 3 is 2.63 bits per heavy atom. The molecule has 5 heterocycles. The van der Waals surface area contributed by atoms with E-state index in [0.717, 1.165) is 12.8 Å². The van der Waals surface area contributed by atoms with Crippen LogP contribution in [-0.4, -0.2) is 47.2 Å². The highest BCUT2D eigenvalue weighted by Crippen LogP contribution is 2.34. The topological polar surface area (TPSA) is 137 Å². The van der Waals surface area contributed by atoms with Gasteiger partial charge in [0.1, 0.15) is 28.2 Å². The molecule has 0 radical (unpaired) electrons. The number of carbonyl (C=O) groups excluding carboxylic acids is 1. The maximum Gasteiger partial charge on any atom is 0.261 e. The van der Waals surface area contributed by atoms with Crippen LogP contribution >= 0.6 is 13.5 Å². The molecule has 196 valence electrons. The van der Waals surface area contributed by atoms with Crippen molar-refractivity contribution in [2.75, 3.05) is 16.8 Å². The van der Waals surface area contributed by atoms with Crippen molar-refractivity contribution in [1.82, 2.24) is 34.7 Å². The number of carbonyl (C=O) groups is 1. The number of amides is 1. The highest BCUT2D eigenvalue weighted by Gasteiger charge is 2.26. The normalized spacial score (nSPS) is 14.6. The average molecular weight is 536 g/mol. The van der Waals surface area contributed by atoms with Crippen LogP contribution in [0.25, 0.3) is 33.5 Å². The van der Waals surface area contributed by atoms with E-state index in [4.69, 9.17) is 0 Å². The molecule has 1 aromatic carbocycles. The lowest BCUT2D eigenvalue weighted by molar-refractivity contribution is -0.119. The van der Waals surface area contributed by atoms with E-state index in [9.17, 15) is 9.59 Å². The predicted octanol–water partition coefficient (Wildman–Crippen LogP) is 3.54. The van der Waals surface area contributed by atoms with Gasteiger partial charge in [0, 0.05) is 38.6 Å². The summed E-state index contributed by atoms with van der Waals surface area (Å²) in [6.45, 7) is 2.33. The second kappa shape index (κ2) is 9.89. The van der Waals surface area contributed by atoms with Crippen molar-refractivity contribution in [2.45, 2.75) is 32.2 Å². The van der Waals surface area contributed by atoms with Gasteiger partial charge in [0.25, 0.3) is 5.56 Å². The molecule has 1 aliphatic rings. The SMILES string of the molecule is C[C@H](Nc1c(-c2nc3c(F)c(N4CCCCC4=O)ccc3[nH]2)c(=O)[nH]c2cn(C)nc12)c1ncccn1.S. The number of aromatic amines is 2. The van der Waals surface area contributed by atoms with Crippen LogP contribution < -0.4 is 15.8 Å². The minimum absolute atomic E-state index is 0. The van der Waals surface area contributed by atoms with Gasteiger partial charge in [-0.05, 0) is 38.0 Å². The van der Waals surface area contributed by atoms with Crippen LogP contribution in [0.4, 0.5) is 15.8 Å². The minimum atomic E-state index is -0.605. The molecule has 4 aromatic heterocycles. The maximum absolute atomic E-state index is 15.6. The molecule has 1 saturated heterocycles. The summed E-state index contributed by atoms with van der Waals surface area (Å²) in [7, 11) is 1.76. The second-order valence-electron chi connectivity index (χ2n) is 9.12. The smallest absolute Gasteiger partial charge is 0.261 e. The Morgan fingerprint density at radius 1 is 1.08 bits per heavy atom. The Kier molecular flexibility index (Phi) is 6.61. The van der Waals surface area contributed by atoms with Crippen molar-refractivity contribution in [3.63, 3.8) is 0 Å². The molecular formula is C25H26FN9O2S. The summed E-state index contributed by atoms with van der Waals surface area (Å²) in [5.74, 6) is -0.00937. The number of nitrogens with one attached hydrogen (secondary N) is 3. The molecule has 6 rings (SSSR count). The predicted molar refractivity (Wildman–Crippen MR) is 147 cm³/mol. The molecule has 38 heavy (non-hydrogen) atoms. The molecule has 1 amide bonds. The first kappa shape index (κ1) is 25.4. The van der Waals surface area contributed by atoms with Gasteiger partial charge in [-0.3, -0.25) is 14.3 Å². The van der Waals surface area contributed by atoms with Crippen LogP contribution in [0.3, 0.4) is 0 Å². The number of imidazole rings is 1. The van der Waals surface area contributed by atoms with Crippen LogP contribution in [0, 0.1) is 5.82 Å². The van der Waals surface area contributed by atoms with Gasteiger partial charge in [-0.2, -0.15) is 18.6 Å². The minimum Gasteiger partial charge on any atom is -0.373 e. The third-order valence-corrected chi connectivity index (χ3v) is 6.55. The number of anilines is 2. The van der Waals surface area contributed by atoms with Crippen molar-refractivity contribution in [2.24, 2.45) is 7.05 Å². The van der Waals surface area contributed by atoms with Gasteiger partial charge in [0.2, 0.25) is 5.91 Å². The van der Waals surface area contributed by atoms with Gasteiger partial charge in [0.05, 0.1) is 28.5 Å². The first-order chi connectivity index (χ1) is 17.9. The van der Waals surface area contributed by atoms with Crippen LogP contribution in [0.2, 0.25) is 0 Å². The largest absolute Gasteiger partial charge is 0.373 e. The molecule has 1 aliphatic heterocycles. The third-order valence-electron chi connectivity index (χ3n) is 6.55. The van der Waals surface area contributed by atoms with Gasteiger partial charge in [-0.25, -0.2) is 19.3 Å². The molecule has 11 nitrogen and oxygen atoms in total. The van der Waals surface area contributed by atoms with Gasteiger partial charge in [0.15, 0.2) is 5.82 Å². The summed E-state index contributed by atoms with van der Waals surface area (Å²) in [6.07, 6.45) is 6.99. The third kappa shape index (κ3) is 4.28. The van der Waals surface area contributed by atoms with E-state index >= 15 is 4.39 Å². The summed E-state index contributed by atoms with van der Waals surface area (Å²) < 4.78 is 17.2. The quantitative estimate of drug-likeness (QED) is 0.313. The molecule has 0 bridgehead atoms. The number of hydrogen-bond acceptors (Lipinski definition) is 7. The number of rotatable bonds is 5. The standard InChI is InChI=1S/C25H24FN9O2.H2S/c1-13(23-27-9-5-10-28-23)29-22-18(25(37)31-15-12-34(2)33-21(15)22)24-30-14-7-8-16(19(26)20(14)32-24)35-11-4-3-6-17(35)36;/h5,7-10,12-13,29H,3-4,6,11H2,1-2H3,(H,30,32)(H,31,37);1H2/t13-;/m0./s1. The van der Waals surface area contributed by atoms with Crippen molar-refractivity contribution < 1.29 is 9.18 Å². The van der Waals surface area contributed by atoms with E-state index in [0.29, 0.717) is 41.0 Å². The number of aromatic nitrogens is 7. The van der Waals surface area contributed by atoms with Gasteiger partial charge in [-0.15, -0.1) is 0 Å². The van der Waals surface area contributed by atoms with E-state index in [1.165, 1.54) is 4.90 Å². The van der Waals surface area contributed by atoms with Crippen molar-refractivity contribution >= 4 is 52.8 Å². The van der Waals surface area contributed by atoms with Crippen LogP contribution in [0.1, 0.15) is 38.1 Å². The Bertz CT molecular complexity index is 1710. The van der Waals surface area contributed by atoms with Crippen molar-refractivity contribution in [3.8, 4) is 11.4 Å². The monoisotopic (exact) mass is 535 g/mol. The molecular weight excluding hydrogens is 509 g/mol. The number of H-pyrrole nitrogens is 2. The molecule has 13 heteroatoms. The van der Waals surface area contributed by atoms with Gasteiger partial charge in [-0.1, -0.05) is 0 Å². The first-order valence-corrected chi connectivity index (χ1v) is 12.0. The number of benzene rings is 1. The van der Waals surface area contributed by atoms with E-state index < -0.39 is 11.4 Å². The van der Waals surface area contributed by atoms with Crippen molar-refractivity contribution in [3.05, 3.63) is 58.8 Å². The number of hydrogen-bond donors (Lipinski definition) is 3. The zero-order valence-corrected chi connectivity index (χ0v) is 21.7. The van der Waals surface area contributed by atoms with Crippen LogP contribution in [0.5, 0.6) is 0 Å². The first-order valence-electron chi connectivity index (χ1n) is 12.0. The van der Waals surface area contributed by atoms with Gasteiger partial charge >= 0.3 is 0 Å². The summed E-state index contributed by atoms with van der Waals surface area (Å²) in [5, 5.41) is 7.85. The van der Waals surface area contributed by atoms with E-state index in [-0.39, 0.29) is 48.0 Å². The number of nitrogens with zero attached hydrogens (tertiary/aromatic N) is 6. The fourth-order valence-electron chi connectivity index (χ4n) is 4.78. The summed E-state index contributed by atoms with van der Waals surface area (Å²) in [5.41, 5.74) is 1.88. The number of fused-ring (bicyclic) bond motifs is 2. The Morgan fingerprint density at radius 2 is 1.87 bits per heavy atom. The number of pyridine rings is 1. The lowest BCUT2D eigenvalue weighted by atomic mass is 10.1. The maximum atomic E-state index is 15.6. The highest BCUT2D eigenvalue weighted by molar-refractivity contribution is 7.59. The summed E-state index contributed by atoms with van der Waals surface area (Å²) in [4.78, 5) is 46.2. The molecule has 0 spiro atoms. The van der Waals surface area contributed by atoms with Crippen molar-refractivity contribution in [1.29, 1.82) is 0 Å². The number of halogens is 1. The molecule has 3 N–H and O–H groups in total. The number of aryl methyl sites for hydroxylation is 1. The molecule has 1 atom stereocenters. The summed E-state index contributed by atoms with van der Waals surface area (Å²) >= 11 is 0. The molecule has 1 fully saturated rings. The second-order valence-corrected chi connectivity index (χ2v) is 9.12. The van der Waals surface area contributed by atoms with Crippen LogP contribution in [-0.2, 0) is 11.8 Å². The lowest BCUT2D eigenvalue weighted by Crippen LogP contribution is -2.35. The molecule has 0 aliphatic carbocycles. The fraction of sp³-hybridized carbons (Fsp3) is 0.280. The van der Waals surface area contributed by atoms with E-state index in [2.05, 4.69) is 35.3 Å². The Balaban J connectivity index is 0.00000294. The Labute approximate surface area is 223 Å². The molecule has 5 aromatic rings. The Hall–Kier alpha value is -4.26. The lowest BCUT2D eigenvalue weighted by Gasteiger charge is -2.27. The molecule has 0 unspecified atom stereocenters. The number of piperidine rings is 1. The molecule has 0 saturated carbocycles. The van der Waals surface area contributed by atoms with E-state index in [1.54, 1.807) is 48.5 Å². The van der Waals surface area contributed by atoms with E-state index in [1.807, 2.05) is 6.92 Å².